The number of pyridine rings is 1. The minimum atomic E-state index is -1.04. The van der Waals surface area contributed by atoms with Crippen LogP contribution in [-0.4, -0.2) is 28.0 Å². The molecule has 0 fully saturated rings. The van der Waals surface area contributed by atoms with Crippen molar-refractivity contribution in [3.63, 3.8) is 0 Å². The molecule has 0 saturated carbocycles. The van der Waals surface area contributed by atoms with Crippen LogP contribution in [0.4, 0.5) is 0 Å². The second-order valence-electron chi connectivity index (χ2n) is 5.30. The van der Waals surface area contributed by atoms with E-state index in [1.807, 2.05) is 24.3 Å². The number of amides is 1. The maximum atomic E-state index is 12.1. The summed E-state index contributed by atoms with van der Waals surface area (Å²) in [7, 11) is 0. The van der Waals surface area contributed by atoms with Crippen LogP contribution < -0.4 is 10.1 Å². The van der Waals surface area contributed by atoms with E-state index in [2.05, 4.69) is 10.3 Å². The topological polar surface area (TPSA) is 88.5 Å². The molecule has 0 spiro atoms. The molecule has 126 valence electrons. The van der Waals surface area contributed by atoms with E-state index in [1.54, 1.807) is 31.5 Å². The first-order valence-corrected chi connectivity index (χ1v) is 7.72. The number of nitrogens with zero attached hydrogens (tertiary/aromatic N) is 1. The van der Waals surface area contributed by atoms with Crippen LogP contribution in [0.1, 0.15) is 24.5 Å². The van der Waals surface area contributed by atoms with E-state index >= 15 is 0 Å². The predicted molar refractivity (Wildman–Crippen MR) is 88.6 cm³/mol. The van der Waals surface area contributed by atoms with Crippen molar-refractivity contribution >= 4 is 11.9 Å². The third kappa shape index (κ3) is 5.08. The van der Waals surface area contributed by atoms with Gasteiger partial charge in [0.15, 0.2) is 0 Å². The number of benzene rings is 1. The monoisotopic (exact) mass is 328 g/mol. The zero-order valence-electron chi connectivity index (χ0n) is 13.4. The molecule has 2 N–H and O–H groups in total. The van der Waals surface area contributed by atoms with E-state index in [-0.39, 0.29) is 12.3 Å². The minimum Gasteiger partial charge on any atom is -0.489 e. The zero-order chi connectivity index (χ0) is 17.4. The molecule has 1 aromatic carbocycles. The molecule has 1 heterocycles. The molecule has 0 aliphatic rings. The van der Waals surface area contributed by atoms with E-state index in [0.717, 1.165) is 5.56 Å². The van der Waals surface area contributed by atoms with Crippen LogP contribution in [-0.2, 0) is 22.6 Å². The summed E-state index contributed by atoms with van der Waals surface area (Å²) < 4.78 is 5.77. The first-order valence-electron chi connectivity index (χ1n) is 7.72. The molecular formula is C18H20N2O4. The number of ether oxygens (including phenoxy) is 1. The molecule has 2 aromatic rings. The first-order chi connectivity index (χ1) is 11.6. The van der Waals surface area contributed by atoms with Gasteiger partial charge in [0.1, 0.15) is 18.4 Å². The number of nitrogens with one attached hydrogen (secondary N) is 1. The number of rotatable bonds is 8. The Morgan fingerprint density at radius 1 is 1.25 bits per heavy atom. The van der Waals surface area contributed by atoms with Crippen LogP contribution >= 0.6 is 0 Å². The summed E-state index contributed by atoms with van der Waals surface area (Å²) in [4.78, 5) is 27.1. The molecule has 24 heavy (non-hydrogen) atoms. The Bertz CT molecular complexity index is 688. The van der Waals surface area contributed by atoms with E-state index in [1.165, 1.54) is 0 Å². The maximum Gasteiger partial charge on any atom is 0.326 e. The summed E-state index contributed by atoms with van der Waals surface area (Å²) in [6, 6.07) is 10.1. The average molecular weight is 328 g/mol. The van der Waals surface area contributed by atoms with Gasteiger partial charge < -0.3 is 15.2 Å². The summed E-state index contributed by atoms with van der Waals surface area (Å²) >= 11 is 0. The minimum absolute atomic E-state index is 0.0625. The Balaban J connectivity index is 2.00. The van der Waals surface area contributed by atoms with Gasteiger partial charge in [-0.2, -0.15) is 0 Å². The van der Waals surface area contributed by atoms with Crippen molar-refractivity contribution in [1.29, 1.82) is 0 Å². The van der Waals surface area contributed by atoms with E-state index in [0.29, 0.717) is 24.3 Å². The molecule has 6 nitrogen and oxygen atoms in total. The number of aliphatic carboxylic acids is 1. The van der Waals surface area contributed by atoms with Crippen LogP contribution in [0, 0.1) is 0 Å². The Kier molecular flexibility index (Phi) is 6.31. The number of carboxylic acids is 1. The standard InChI is InChI=1S/C18H20N2O4/c1-2-15(18(22)23)20-17(21)10-14-7-3-4-8-16(14)24-12-13-6-5-9-19-11-13/h3-9,11,15H,2,10,12H2,1H3,(H,20,21)(H,22,23)/t15-/m1/s1. The van der Waals surface area contributed by atoms with Crippen molar-refractivity contribution in [1.82, 2.24) is 10.3 Å². The Morgan fingerprint density at radius 2 is 2.04 bits per heavy atom. The lowest BCUT2D eigenvalue weighted by Gasteiger charge is -2.14. The lowest BCUT2D eigenvalue weighted by Crippen LogP contribution is -2.41. The van der Waals surface area contributed by atoms with Gasteiger partial charge in [-0.25, -0.2) is 4.79 Å². The van der Waals surface area contributed by atoms with Gasteiger partial charge in [-0.05, 0) is 18.6 Å². The molecule has 2 rings (SSSR count). The quantitative estimate of drug-likeness (QED) is 0.775. The number of carbonyl (C=O) groups is 2. The fourth-order valence-electron chi connectivity index (χ4n) is 2.19. The third-order valence-electron chi connectivity index (χ3n) is 3.48. The van der Waals surface area contributed by atoms with Crippen molar-refractivity contribution in [2.75, 3.05) is 0 Å². The molecule has 1 aromatic heterocycles. The lowest BCUT2D eigenvalue weighted by atomic mass is 10.1. The Labute approximate surface area is 140 Å². The second kappa shape index (κ2) is 8.67. The van der Waals surface area contributed by atoms with Crippen LogP contribution in [0.5, 0.6) is 5.75 Å². The lowest BCUT2D eigenvalue weighted by molar-refractivity contribution is -0.141. The van der Waals surface area contributed by atoms with Crippen molar-refractivity contribution in [2.45, 2.75) is 32.4 Å². The average Bonchev–Trinajstić information content (AvgIpc) is 2.59. The Hall–Kier alpha value is -2.89. The van der Waals surface area contributed by atoms with Crippen LogP contribution in [0.2, 0.25) is 0 Å². The SMILES string of the molecule is CC[C@@H](NC(=O)Cc1ccccc1OCc1cccnc1)C(=O)O. The van der Waals surface area contributed by atoms with Gasteiger partial charge in [0.2, 0.25) is 5.91 Å². The van der Waals surface area contributed by atoms with Gasteiger partial charge in [-0.15, -0.1) is 0 Å². The molecule has 0 saturated heterocycles. The highest BCUT2D eigenvalue weighted by Gasteiger charge is 2.18. The van der Waals surface area contributed by atoms with Gasteiger partial charge in [0.25, 0.3) is 0 Å². The fraction of sp³-hybridized carbons (Fsp3) is 0.278. The Morgan fingerprint density at radius 3 is 2.71 bits per heavy atom. The van der Waals surface area contributed by atoms with E-state index in [9.17, 15) is 9.59 Å². The molecule has 1 atom stereocenters. The molecule has 0 aliphatic heterocycles. The van der Waals surface area contributed by atoms with Gasteiger partial charge in [0, 0.05) is 23.5 Å². The maximum absolute atomic E-state index is 12.1. The molecule has 6 heteroatoms. The zero-order valence-corrected chi connectivity index (χ0v) is 13.4. The molecule has 0 bridgehead atoms. The summed E-state index contributed by atoms with van der Waals surface area (Å²) in [5, 5.41) is 11.5. The summed E-state index contributed by atoms with van der Waals surface area (Å²) in [6.07, 6.45) is 3.80. The third-order valence-corrected chi connectivity index (χ3v) is 3.48. The molecule has 1 amide bonds. The highest BCUT2D eigenvalue weighted by molar-refractivity contribution is 5.85. The number of hydrogen-bond acceptors (Lipinski definition) is 4. The summed E-state index contributed by atoms with van der Waals surface area (Å²) in [5.41, 5.74) is 1.63. The number of carbonyl (C=O) groups excluding carboxylic acids is 1. The van der Waals surface area contributed by atoms with Crippen molar-refractivity contribution in [3.8, 4) is 5.75 Å². The number of carboxylic acid groups (broad SMARTS) is 1. The largest absolute Gasteiger partial charge is 0.489 e. The van der Waals surface area contributed by atoms with Crippen LogP contribution in [0.15, 0.2) is 48.8 Å². The van der Waals surface area contributed by atoms with Gasteiger partial charge in [-0.3, -0.25) is 9.78 Å². The second-order valence-corrected chi connectivity index (χ2v) is 5.30. The van der Waals surface area contributed by atoms with E-state index in [4.69, 9.17) is 9.84 Å². The van der Waals surface area contributed by atoms with E-state index < -0.39 is 12.0 Å². The van der Waals surface area contributed by atoms with Gasteiger partial charge >= 0.3 is 5.97 Å². The van der Waals surface area contributed by atoms with Crippen molar-refractivity contribution < 1.29 is 19.4 Å². The number of para-hydroxylation sites is 1. The van der Waals surface area contributed by atoms with Gasteiger partial charge in [-0.1, -0.05) is 31.2 Å². The summed E-state index contributed by atoms with van der Waals surface area (Å²) in [6.45, 7) is 2.06. The van der Waals surface area contributed by atoms with Gasteiger partial charge in [0.05, 0.1) is 6.42 Å². The molecule has 0 unspecified atom stereocenters. The van der Waals surface area contributed by atoms with Crippen LogP contribution in [0.25, 0.3) is 0 Å². The molecular weight excluding hydrogens is 308 g/mol. The highest BCUT2D eigenvalue weighted by atomic mass is 16.5. The smallest absolute Gasteiger partial charge is 0.326 e. The summed E-state index contributed by atoms with van der Waals surface area (Å²) in [5.74, 6) is -0.784. The molecule has 0 radical (unpaired) electrons. The number of aromatic nitrogens is 1. The normalized spacial score (nSPS) is 11.5. The predicted octanol–water partition coefficient (Wildman–Crippen LogP) is 2.18. The van der Waals surface area contributed by atoms with Crippen LogP contribution in [0.3, 0.4) is 0 Å². The highest BCUT2D eigenvalue weighted by Crippen LogP contribution is 2.20. The molecule has 0 aliphatic carbocycles. The van der Waals surface area contributed by atoms with Crippen molar-refractivity contribution in [3.05, 3.63) is 59.9 Å². The first kappa shape index (κ1) is 17.5. The van der Waals surface area contributed by atoms with Crippen molar-refractivity contribution in [2.24, 2.45) is 0 Å². The number of hydrogen-bond donors (Lipinski definition) is 2. The fourth-order valence-corrected chi connectivity index (χ4v) is 2.19.